The van der Waals surface area contributed by atoms with Crippen LogP contribution < -0.4 is 27.0 Å². The molecule has 0 bridgehead atoms. The number of aliphatic hydroxyl groups excluding tert-OH is 1. The van der Waals surface area contributed by atoms with Crippen molar-refractivity contribution in [2.75, 3.05) is 33.4 Å². The van der Waals surface area contributed by atoms with Gasteiger partial charge < -0.3 is 36.8 Å². The number of ether oxygens (including phenoxy) is 1. The van der Waals surface area contributed by atoms with E-state index >= 15 is 0 Å². The Morgan fingerprint density at radius 3 is 1.79 bits per heavy atom. The highest BCUT2D eigenvalue weighted by Crippen LogP contribution is 2.34. The summed E-state index contributed by atoms with van der Waals surface area (Å²) in [4.78, 5) is 51.5. The van der Waals surface area contributed by atoms with Gasteiger partial charge in [0.2, 0.25) is 11.8 Å². The van der Waals surface area contributed by atoms with E-state index in [0.717, 1.165) is 0 Å². The molecule has 2 unspecified atom stereocenters. The van der Waals surface area contributed by atoms with Crippen molar-refractivity contribution in [2.24, 2.45) is 11.1 Å². The highest BCUT2D eigenvalue weighted by molar-refractivity contribution is 5.93. The minimum absolute atomic E-state index is 0.0113. The summed E-state index contributed by atoms with van der Waals surface area (Å²) < 4.78 is 4.96. The molecule has 0 aromatic heterocycles. The van der Waals surface area contributed by atoms with E-state index in [1.54, 1.807) is 21.0 Å². The van der Waals surface area contributed by atoms with Gasteiger partial charge in [0, 0.05) is 50.0 Å². The number of rotatable bonds is 20. The largest absolute Gasteiger partial charge is 0.395 e. The third-order valence-corrected chi connectivity index (χ3v) is 6.90. The van der Waals surface area contributed by atoms with E-state index < -0.39 is 28.6 Å². The molecule has 0 spiro atoms. The first-order valence-corrected chi connectivity index (χ1v) is 13.4. The molecule has 11 nitrogen and oxygen atoms in total. The van der Waals surface area contributed by atoms with Crippen molar-refractivity contribution in [3.8, 4) is 0 Å². The highest BCUT2D eigenvalue weighted by atomic mass is 16.5. The minimum atomic E-state index is -1.15. The van der Waals surface area contributed by atoms with Gasteiger partial charge in [0.15, 0.2) is 11.6 Å². The molecule has 7 N–H and O–H groups in total. The van der Waals surface area contributed by atoms with E-state index in [2.05, 4.69) is 21.3 Å². The molecule has 0 aromatic carbocycles. The molecule has 0 rings (SSSR count). The van der Waals surface area contributed by atoms with Gasteiger partial charge in [0.05, 0.1) is 30.8 Å². The summed E-state index contributed by atoms with van der Waals surface area (Å²) in [5.41, 5.74) is 3.12. The number of hydrogen-bond donors (Lipinski definition) is 6. The number of methoxy groups -OCH3 is 1. The first kappa shape index (κ1) is 36.1. The summed E-state index contributed by atoms with van der Waals surface area (Å²) in [6, 6.07) is -1.35. The molecule has 0 aliphatic rings. The number of amides is 2. The van der Waals surface area contributed by atoms with E-state index in [0.29, 0.717) is 19.6 Å². The SMILES string of the molecule is COCCNC(=O)CCC(NC(C)C)C(=O)C(C)(C)C(C)(C)NC(CCC(=O)NCCO)C(=O)C(C)(C)N. The van der Waals surface area contributed by atoms with Gasteiger partial charge in [0.1, 0.15) is 0 Å². The fraction of sp³-hybridized carbons (Fsp3) is 0.852. The number of hydrogen-bond acceptors (Lipinski definition) is 9. The maximum absolute atomic E-state index is 13.9. The fourth-order valence-corrected chi connectivity index (χ4v) is 3.99. The summed E-state index contributed by atoms with van der Waals surface area (Å²) in [7, 11) is 1.56. The molecule has 0 aromatic rings. The molecule has 2 amide bonds. The first-order valence-electron chi connectivity index (χ1n) is 13.4. The van der Waals surface area contributed by atoms with Gasteiger partial charge in [-0.05, 0) is 40.5 Å². The van der Waals surface area contributed by atoms with Crippen molar-refractivity contribution in [3.05, 3.63) is 0 Å². The quantitative estimate of drug-likeness (QED) is 0.119. The lowest BCUT2D eigenvalue weighted by Gasteiger charge is -2.45. The molecule has 38 heavy (non-hydrogen) atoms. The topological polar surface area (TPSA) is 172 Å². The Hall–Kier alpha value is -1.92. The number of nitrogens with two attached hydrogens (primary N) is 1. The van der Waals surface area contributed by atoms with Gasteiger partial charge in [-0.3, -0.25) is 19.2 Å². The van der Waals surface area contributed by atoms with E-state index in [1.165, 1.54) is 0 Å². The van der Waals surface area contributed by atoms with Gasteiger partial charge in [-0.1, -0.05) is 27.7 Å². The van der Waals surface area contributed by atoms with Crippen molar-refractivity contribution in [1.82, 2.24) is 21.3 Å². The van der Waals surface area contributed by atoms with Crippen LogP contribution in [0.1, 0.15) is 81.1 Å². The number of carbonyl (C=O) groups excluding carboxylic acids is 4. The average molecular weight is 544 g/mol. The monoisotopic (exact) mass is 543 g/mol. The van der Waals surface area contributed by atoms with Gasteiger partial charge in [-0.2, -0.15) is 0 Å². The maximum atomic E-state index is 13.9. The van der Waals surface area contributed by atoms with Crippen molar-refractivity contribution >= 4 is 23.4 Å². The molecule has 0 saturated carbocycles. The van der Waals surface area contributed by atoms with Gasteiger partial charge in [0.25, 0.3) is 0 Å². The van der Waals surface area contributed by atoms with Crippen LogP contribution in [0.25, 0.3) is 0 Å². The Balaban J connectivity index is 5.77. The molecule has 2 atom stereocenters. The highest BCUT2D eigenvalue weighted by Gasteiger charge is 2.47. The van der Waals surface area contributed by atoms with Gasteiger partial charge in [-0.15, -0.1) is 0 Å². The predicted octanol–water partition coefficient (Wildman–Crippen LogP) is 0.423. The van der Waals surface area contributed by atoms with Gasteiger partial charge in [-0.25, -0.2) is 0 Å². The summed E-state index contributed by atoms with van der Waals surface area (Å²) in [6.45, 7) is 15.2. The van der Waals surface area contributed by atoms with Crippen molar-refractivity contribution in [1.29, 1.82) is 0 Å². The number of Topliss-reactive ketones (excluding diaryl/α,β-unsaturated/α-hetero) is 2. The lowest BCUT2D eigenvalue weighted by molar-refractivity contribution is -0.136. The molecule has 0 aliphatic heterocycles. The number of nitrogens with one attached hydrogen (secondary N) is 4. The van der Waals surface area contributed by atoms with Crippen LogP contribution >= 0.6 is 0 Å². The standard InChI is InChI=1S/C27H53N5O6/c1-18(2)31-19(10-12-22(35)30-15-17-38-9)23(36)25(3,4)27(7,8)32-20(24(37)26(5,6)28)11-13-21(34)29-14-16-33/h18-20,31-33H,10-17,28H2,1-9H3,(H,29,34)(H,30,35). The third-order valence-electron chi connectivity index (χ3n) is 6.90. The van der Waals surface area contributed by atoms with Crippen LogP contribution in [0.4, 0.5) is 0 Å². The first-order chi connectivity index (χ1) is 17.4. The smallest absolute Gasteiger partial charge is 0.220 e. The summed E-state index contributed by atoms with van der Waals surface area (Å²) in [5.74, 6) is -0.803. The molecular weight excluding hydrogens is 490 g/mol. The van der Waals surface area contributed by atoms with E-state index in [4.69, 9.17) is 15.6 Å². The average Bonchev–Trinajstić information content (AvgIpc) is 2.81. The second-order valence-corrected chi connectivity index (χ2v) is 11.8. The van der Waals surface area contributed by atoms with E-state index in [9.17, 15) is 19.2 Å². The van der Waals surface area contributed by atoms with Crippen LogP contribution in [0.5, 0.6) is 0 Å². The zero-order valence-electron chi connectivity index (χ0n) is 25.0. The Morgan fingerprint density at radius 1 is 0.842 bits per heavy atom. The predicted molar refractivity (Wildman–Crippen MR) is 149 cm³/mol. The second-order valence-electron chi connectivity index (χ2n) is 11.8. The number of aliphatic hydroxyl groups is 1. The van der Waals surface area contributed by atoms with Crippen molar-refractivity contribution in [2.45, 2.75) is 110 Å². The lowest BCUT2D eigenvalue weighted by atomic mass is 9.68. The molecule has 0 aliphatic carbocycles. The summed E-state index contributed by atoms with van der Waals surface area (Å²) in [5, 5.41) is 20.9. The molecule has 11 heteroatoms. The van der Waals surface area contributed by atoms with Crippen LogP contribution in [0.15, 0.2) is 0 Å². The Kier molecular flexibility index (Phi) is 15.4. The number of ketones is 2. The Morgan fingerprint density at radius 2 is 1.34 bits per heavy atom. The van der Waals surface area contributed by atoms with Crippen LogP contribution in [-0.2, 0) is 23.9 Å². The zero-order valence-corrected chi connectivity index (χ0v) is 25.0. The van der Waals surface area contributed by atoms with Crippen LogP contribution in [-0.4, -0.2) is 91.1 Å². The van der Waals surface area contributed by atoms with Crippen LogP contribution in [0, 0.1) is 5.41 Å². The zero-order chi connectivity index (χ0) is 29.7. The van der Waals surface area contributed by atoms with Crippen LogP contribution in [0.3, 0.4) is 0 Å². The molecule has 0 fully saturated rings. The van der Waals surface area contributed by atoms with Crippen molar-refractivity contribution < 1.29 is 29.0 Å². The van der Waals surface area contributed by atoms with Crippen molar-refractivity contribution in [3.63, 3.8) is 0 Å². The Labute approximate surface area is 228 Å². The molecule has 0 heterocycles. The third kappa shape index (κ3) is 12.3. The summed E-state index contributed by atoms with van der Waals surface area (Å²) in [6.07, 6.45) is 0.729. The number of carbonyl (C=O) groups is 4. The second kappa shape index (κ2) is 16.2. The normalized spacial score (nSPS) is 14.2. The molecule has 0 radical (unpaired) electrons. The van der Waals surface area contributed by atoms with Gasteiger partial charge >= 0.3 is 0 Å². The summed E-state index contributed by atoms with van der Waals surface area (Å²) >= 11 is 0. The maximum Gasteiger partial charge on any atom is 0.220 e. The van der Waals surface area contributed by atoms with E-state index in [1.807, 2.05) is 41.5 Å². The van der Waals surface area contributed by atoms with Crippen LogP contribution in [0.2, 0.25) is 0 Å². The molecule has 222 valence electrons. The lowest BCUT2D eigenvalue weighted by Crippen LogP contribution is -2.64. The molecular formula is C27H53N5O6. The molecule has 0 saturated heterocycles. The minimum Gasteiger partial charge on any atom is -0.395 e. The van der Waals surface area contributed by atoms with E-state index in [-0.39, 0.29) is 61.8 Å². The Bertz CT molecular complexity index is 776. The fourth-order valence-electron chi connectivity index (χ4n) is 3.99.